The van der Waals surface area contributed by atoms with Gasteiger partial charge < -0.3 is 21.5 Å². The van der Waals surface area contributed by atoms with Crippen LogP contribution in [0.15, 0.2) is 35.7 Å². The summed E-state index contributed by atoms with van der Waals surface area (Å²) in [4.78, 5) is 21.5. The quantitative estimate of drug-likeness (QED) is 0.351. The number of halogens is 6. The Morgan fingerprint density at radius 3 is 2.49 bits per heavy atom. The van der Waals surface area contributed by atoms with Crippen molar-refractivity contribution in [2.45, 2.75) is 43.4 Å². The lowest BCUT2D eigenvalue weighted by Crippen LogP contribution is -2.55. The van der Waals surface area contributed by atoms with Crippen LogP contribution in [0.1, 0.15) is 29.8 Å². The van der Waals surface area contributed by atoms with Crippen LogP contribution in [-0.2, 0) is 4.79 Å². The number of nitrogens with zero attached hydrogens (tertiary/aromatic N) is 2. The van der Waals surface area contributed by atoms with E-state index in [1.807, 2.05) is 0 Å². The van der Waals surface area contributed by atoms with Gasteiger partial charge in [-0.2, -0.15) is 13.2 Å². The molecule has 1 saturated carbocycles. The summed E-state index contributed by atoms with van der Waals surface area (Å²) in [5.41, 5.74) is 7.27. The van der Waals surface area contributed by atoms with Crippen LogP contribution in [0.5, 0.6) is 0 Å². The number of carbonyl (C=O) groups excluding carboxylic acids is 1. The van der Waals surface area contributed by atoms with Crippen molar-refractivity contribution in [1.82, 2.24) is 9.61 Å². The van der Waals surface area contributed by atoms with E-state index in [-0.39, 0.29) is 12.3 Å². The Morgan fingerprint density at radius 2 is 1.89 bits per heavy atom. The van der Waals surface area contributed by atoms with E-state index < -0.39 is 30.2 Å². The first-order valence-corrected chi connectivity index (χ1v) is 11.3. The van der Waals surface area contributed by atoms with Crippen LogP contribution in [0.3, 0.4) is 0 Å². The third kappa shape index (κ3) is 6.38. The van der Waals surface area contributed by atoms with Gasteiger partial charge >= 0.3 is 12.1 Å². The minimum Gasteiger partial charge on any atom is -0.475 e. The number of aliphatic carboxylic acids is 1. The first kappa shape index (κ1) is 26.6. The lowest BCUT2D eigenvalue weighted by atomic mass is 9.87. The maximum Gasteiger partial charge on any atom is 0.490 e. The molecule has 3 aromatic heterocycles. The molecule has 15 heteroatoms. The van der Waals surface area contributed by atoms with Gasteiger partial charge in [-0.1, -0.05) is 11.6 Å². The van der Waals surface area contributed by atoms with E-state index in [9.17, 15) is 26.7 Å². The van der Waals surface area contributed by atoms with Gasteiger partial charge in [0.1, 0.15) is 15.8 Å². The van der Waals surface area contributed by atoms with Crippen LogP contribution >= 0.6 is 22.9 Å². The molecule has 8 nitrogen and oxygen atoms in total. The second-order valence-electron chi connectivity index (χ2n) is 7.57. The highest BCUT2D eigenvalue weighted by atomic mass is 35.5. The molecule has 0 aromatic carbocycles. The van der Waals surface area contributed by atoms with Crippen LogP contribution in [0.2, 0.25) is 4.34 Å². The number of alkyl halides is 5. The van der Waals surface area contributed by atoms with Gasteiger partial charge in [-0.3, -0.25) is 4.79 Å². The van der Waals surface area contributed by atoms with Crippen molar-refractivity contribution in [2.24, 2.45) is 5.73 Å². The molecule has 190 valence electrons. The molecule has 0 bridgehead atoms. The van der Waals surface area contributed by atoms with Crippen molar-refractivity contribution in [1.29, 1.82) is 0 Å². The second kappa shape index (κ2) is 10.3. The standard InChI is InChI=1S/C18H18ClF2N5OS.C2HF3O2/c19-16-12(7-9-28-16)24-17(27)13-5-3-10-4-6-14(25-26(10)13)23-11-2-1-8-18(20,21)15(11)22;3-2(4,5)1(6)7/h3-7,9,11,15H,1-2,8,22H2,(H,23,25)(H,24,27);(H,6,7)/t11-,15-;/m1./s1. The highest BCUT2D eigenvalue weighted by Gasteiger charge is 2.44. The van der Waals surface area contributed by atoms with E-state index in [4.69, 9.17) is 27.2 Å². The summed E-state index contributed by atoms with van der Waals surface area (Å²) in [6.07, 6.45) is -4.36. The number of nitrogens with two attached hydrogens (primary N) is 1. The fourth-order valence-corrected chi connectivity index (χ4v) is 4.19. The Morgan fingerprint density at radius 1 is 1.23 bits per heavy atom. The zero-order valence-electron chi connectivity index (χ0n) is 17.7. The number of hydrogen-bond donors (Lipinski definition) is 4. The van der Waals surface area contributed by atoms with Gasteiger partial charge in [0.05, 0.1) is 17.2 Å². The van der Waals surface area contributed by atoms with Crippen molar-refractivity contribution >= 4 is 51.8 Å². The molecule has 3 aromatic rings. The molecule has 0 radical (unpaired) electrons. The number of anilines is 2. The van der Waals surface area contributed by atoms with E-state index in [0.29, 0.717) is 39.9 Å². The number of rotatable bonds is 4. The molecule has 5 N–H and O–H groups in total. The molecule has 1 amide bonds. The van der Waals surface area contributed by atoms with Crippen molar-refractivity contribution in [2.75, 3.05) is 10.6 Å². The molecule has 0 unspecified atom stereocenters. The molecular formula is C20H19ClF5N5O3S. The molecule has 0 saturated heterocycles. The number of carbonyl (C=O) groups is 2. The molecule has 3 heterocycles. The van der Waals surface area contributed by atoms with Gasteiger partial charge in [0.25, 0.3) is 11.8 Å². The molecule has 0 spiro atoms. The monoisotopic (exact) mass is 539 g/mol. The summed E-state index contributed by atoms with van der Waals surface area (Å²) in [6, 6.07) is 6.68. The highest BCUT2D eigenvalue weighted by Crippen LogP contribution is 2.33. The van der Waals surface area contributed by atoms with Gasteiger partial charge in [0, 0.05) is 12.5 Å². The molecule has 4 rings (SSSR count). The number of carboxylic acids is 1. The lowest BCUT2D eigenvalue weighted by molar-refractivity contribution is -0.192. The first-order chi connectivity index (χ1) is 16.3. The Hall–Kier alpha value is -2.97. The predicted octanol–water partition coefficient (Wildman–Crippen LogP) is 4.86. The summed E-state index contributed by atoms with van der Waals surface area (Å²) in [5, 5.41) is 19.0. The summed E-state index contributed by atoms with van der Waals surface area (Å²) in [5.74, 6) is -5.65. The summed E-state index contributed by atoms with van der Waals surface area (Å²) < 4.78 is 61.4. The van der Waals surface area contributed by atoms with Crippen LogP contribution in [0.4, 0.5) is 33.5 Å². The lowest BCUT2D eigenvalue weighted by Gasteiger charge is -2.36. The topological polar surface area (TPSA) is 122 Å². The van der Waals surface area contributed by atoms with Gasteiger partial charge in [-0.25, -0.2) is 18.1 Å². The summed E-state index contributed by atoms with van der Waals surface area (Å²) >= 11 is 7.35. The van der Waals surface area contributed by atoms with E-state index in [1.165, 1.54) is 15.9 Å². The number of fused-ring (bicyclic) bond motifs is 1. The molecule has 1 aliphatic carbocycles. The fourth-order valence-electron chi connectivity index (χ4n) is 3.35. The maximum absolute atomic E-state index is 13.9. The average Bonchev–Trinajstić information content (AvgIpc) is 3.37. The third-order valence-corrected chi connectivity index (χ3v) is 6.30. The Balaban J connectivity index is 0.000000429. The molecule has 35 heavy (non-hydrogen) atoms. The minimum atomic E-state index is -5.08. The van der Waals surface area contributed by atoms with Crippen LogP contribution in [0, 0.1) is 0 Å². The fraction of sp³-hybridized carbons (Fsp3) is 0.350. The van der Waals surface area contributed by atoms with Crippen LogP contribution < -0.4 is 16.4 Å². The molecule has 2 atom stereocenters. The normalized spacial score (nSPS) is 19.5. The van der Waals surface area contributed by atoms with Gasteiger partial charge in [-0.15, -0.1) is 16.4 Å². The van der Waals surface area contributed by atoms with Crippen LogP contribution in [-0.4, -0.2) is 50.8 Å². The van der Waals surface area contributed by atoms with Gasteiger partial charge in [0.2, 0.25) is 0 Å². The Kier molecular flexibility index (Phi) is 7.87. The molecular weight excluding hydrogens is 521 g/mol. The van der Waals surface area contributed by atoms with E-state index in [0.717, 1.165) is 0 Å². The number of hydrogen-bond acceptors (Lipinski definition) is 6. The van der Waals surface area contributed by atoms with Crippen molar-refractivity contribution < 1.29 is 36.6 Å². The number of nitrogens with one attached hydrogen (secondary N) is 2. The molecule has 1 aliphatic rings. The number of thiophene rings is 1. The predicted molar refractivity (Wildman–Crippen MR) is 120 cm³/mol. The number of carboxylic acid groups (broad SMARTS) is 1. The minimum absolute atomic E-state index is 0.203. The Labute approximate surface area is 203 Å². The van der Waals surface area contributed by atoms with E-state index in [2.05, 4.69) is 15.7 Å². The SMILES string of the molecule is N[C@@H]1[C@H](Nc2ccc3ccc(C(=O)Nc4ccsc4Cl)n3n2)CCCC1(F)F.O=C(O)C(F)(F)F. The average molecular weight is 540 g/mol. The van der Waals surface area contributed by atoms with Crippen molar-refractivity contribution in [3.05, 3.63) is 45.7 Å². The number of amides is 1. The Bertz CT molecular complexity index is 1220. The molecule has 0 aliphatic heterocycles. The smallest absolute Gasteiger partial charge is 0.475 e. The zero-order chi connectivity index (χ0) is 26.0. The van der Waals surface area contributed by atoms with Gasteiger partial charge in [0.15, 0.2) is 0 Å². The largest absolute Gasteiger partial charge is 0.490 e. The van der Waals surface area contributed by atoms with E-state index >= 15 is 0 Å². The second-order valence-corrected chi connectivity index (χ2v) is 9.09. The van der Waals surface area contributed by atoms with Gasteiger partial charge in [-0.05, 0) is 48.6 Å². The summed E-state index contributed by atoms with van der Waals surface area (Å²) in [6.45, 7) is 0. The van der Waals surface area contributed by atoms with Crippen LogP contribution in [0.25, 0.3) is 5.52 Å². The highest BCUT2D eigenvalue weighted by molar-refractivity contribution is 7.15. The van der Waals surface area contributed by atoms with Crippen molar-refractivity contribution in [3.8, 4) is 0 Å². The number of aromatic nitrogens is 2. The zero-order valence-corrected chi connectivity index (χ0v) is 19.2. The third-order valence-electron chi connectivity index (χ3n) is 5.13. The molecule has 1 fully saturated rings. The maximum atomic E-state index is 13.9. The van der Waals surface area contributed by atoms with E-state index in [1.54, 1.807) is 35.7 Å². The first-order valence-electron chi connectivity index (χ1n) is 10.0. The summed E-state index contributed by atoms with van der Waals surface area (Å²) in [7, 11) is 0. The van der Waals surface area contributed by atoms with Crippen molar-refractivity contribution in [3.63, 3.8) is 0 Å².